The van der Waals surface area contributed by atoms with Gasteiger partial charge in [0.2, 0.25) is 0 Å². The second-order valence-corrected chi connectivity index (χ2v) is 5.54. The molecule has 0 N–H and O–H groups in total. The molecule has 4 heteroatoms. The Labute approximate surface area is 81.5 Å². The average molecular weight is 206 g/mol. The minimum absolute atomic E-state index is 0.221. The number of hydrogen-bond acceptors (Lipinski definition) is 2. The summed E-state index contributed by atoms with van der Waals surface area (Å²) in [7, 11) is 3.50. The molecule has 0 radical (unpaired) electrons. The van der Waals surface area contributed by atoms with Crippen molar-refractivity contribution in [3.05, 3.63) is 0 Å². The molecule has 0 spiro atoms. The molecule has 1 unspecified atom stereocenters. The Morgan fingerprint density at radius 3 is 2.00 bits per heavy atom. The van der Waals surface area contributed by atoms with Gasteiger partial charge in [0, 0.05) is 6.42 Å². The molecule has 0 aromatic rings. The van der Waals surface area contributed by atoms with Gasteiger partial charge in [0.05, 0.1) is 21.1 Å². The first kappa shape index (κ1) is 12.9. The van der Waals surface area contributed by atoms with Crippen LogP contribution in [0.15, 0.2) is 0 Å². The zero-order valence-electron chi connectivity index (χ0n) is 9.12. The van der Waals surface area contributed by atoms with Gasteiger partial charge in [-0.1, -0.05) is 19.8 Å². The first-order chi connectivity index (χ1) is 5.89. The lowest BCUT2D eigenvalue weighted by Gasteiger charge is -2.29. The summed E-state index contributed by atoms with van der Waals surface area (Å²) >= 11 is 0. The summed E-state index contributed by atoms with van der Waals surface area (Å²) in [6.45, 7) is 2.12. The number of rotatable bonds is 6. The van der Waals surface area contributed by atoms with E-state index in [0.717, 1.165) is 25.7 Å². The van der Waals surface area contributed by atoms with Crippen LogP contribution in [-0.4, -0.2) is 31.4 Å². The van der Waals surface area contributed by atoms with Gasteiger partial charge in [-0.3, -0.25) is 0 Å². The van der Waals surface area contributed by atoms with Gasteiger partial charge in [0.25, 0.3) is 0 Å². The van der Waals surface area contributed by atoms with Gasteiger partial charge >= 0.3 is 7.68 Å². The summed E-state index contributed by atoms with van der Waals surface area (Å²) in [5.74, 6) is -0.221. The summed E-state index contributed by atoms with van der Waals surface area (Å²) in [6.07, 6.45) is 4.06. The van der Waals surface area contributed by atoms with Crippen LogP contribution in [0.5, 0.6) is 0 Å². The second kappa shape index (κ2) is 5.56. The molecule has 0 aliphatic heterocycles. The smallest absolute Gasteiger partial charge is 0.317 e. The molecule has 1 atom stereocenters. The number of hydrogen-bond donors (Lipinski definition) is 0. The Morgan fingerprint density at radius 1 is 1.15 bits per heavy atom. The highest BCUT2D eigenvalue weighted by Crippen LogP contribution is 2.26. The maximum absolute atomic E-state index is 11.0. The Bertz CT molecular complexity index is 198. The SMILES string of the molecule is CCCCCC(P(=O)=O)[N+](C)(C)C. The average Bonchev–Trinajstić information content (AvgIpc) is 1.94. The van der Waals surface area contributed by atoms with Gasteiger partial charge in [-0.15, -0.1) is 0 Å². The third-order valence-corrected chi connectivity index (χ3v) is 3.64. The molecule has 13 heavy (non-hydrogen) atoms. The van der Waals surface area contributed by atoms with Crippen LogP contribution in [0.25, 0.3) is 0 Å². The van der Waals surface area contributed by atoms with E-state index in [9.17, 15) is 9.13 Å². The third-order valence-electron chi connectivity index (χ3n) is 2.20. The summed E-state index contributed by atoms with van der Waals surface area (Å²) in [5, 5.41) is 0. The fourth-order valence-corrected chi connectivity index (χ4v) is 2.31. The molecule has 0 aliphatic carbocycles. The Morgan fingerprint density at radius 2 is 1.69 bits per heavy atom. The number of quaternary nitrogens is 1. The quantitative estimate of drug-likeness (QED) is 0.380. The third kappa shape index (κ3) is 5.22. The zero-order chi connectivity index (χ0) is 10.5. The van der Waals surface area contributed by atoms with Crippen molar-refractivity contribution in [3.8, 4) is 0 Å². The van der Waals surface area contributed by atoms with Gasteiger partial charge in [-0.2, -0.15) is 0 Å². The van der Waals surface area contributed by atoms with Gasteiger partial charge in [-0.25, -0.2) is 9.13 Å². The molecule has 0 amide bonds. The molecule has 0 fully saturated rings. The van der Waals surface area contributed by atoms with Crippen molar-refractivity contribution in [2.75, 3.05) is 21.1 Å². The Kier molecular flexibility index (Phi) is 5.50. The number of unbranched alkanes of at least 4 members (excludes halogenated alkanes) is 2. The van der Waals surface area contributed by atoms with E-state index in [-0.39, 0.29) is 5.78 Å². The number of nitrogens with zero attached hydrogens (tertiary/aromatic N) is 1. The van der Waals surface area contributed by atoms with Gasteiger partial charge < -0.3 is 4.48 Å². The zero-order valence-corrected chi connectivity index (χ0v) is 10.0. The molecule has 0 bridgehead atoms. The van der Waals surface area contributed by atoms with E-state index in [2.05, 4.69) is 6.92 Å². The monoisotopic (exact) mass is 206 g/mol. The van der Waals surface area contributed by atoms with Gasteiger partial charge in [-0.05, 0) is 6.42 Å². The molecule has 0 heterocycles. The molecule has 0 saturated carbocycles. The van der Waals surface area contributed by atoms with Crippen LogP contribution in [0.1, 0.15) is 32.6 Å². The van der Waals surface area contributed by atoms with Crippen molar-refractivity contribution < 1.29 is 13.6 Å². The molecule has 0 saturated heterocycles. The standard InChI is InChI=1S/C9H21NO2P/c1-5-6-7-8-9(13(11)12)10(2,3)4/h9H,5-8H2,1-4H3/q+1. The summed E-state index contributed by atoms with van der Waals surface area (Å²) in [6, 6.07) is 0. The summed E-state index contributed by atoms with van der Waals surface area (Å²) < 4.78 is 22.4. The van der Waals surface area contributed by atoms with Crippen LogP contribution in [0.4, 0.5) is 0 Å². The minimum atomic E-state index is -2.30. The van der Waals surface area contributed by atoms with Crippen LogP contribution >= 0.6 is 7.68 Å². The maximum atomic E-state index is 11.0. The largest absolute Gasteiger partial charge is 0.375 e. The van der Waals surface area contributed by atoms with Gasteiger partial charge in [0.15, 0.2) is 5.78 Å². The molecular formula is C9H21NO2P+. The predicted molar refractivity (Wildman–Crippen MR) is 54.3 cm³/mol. The van der Waals surface area contributed by atoms with Crippen molar-refractivity contribution in [2.24, 2.45) is 0 Å². The Hall–Kier alpha value is -0.140. The molecule has 78 valence electrons. The summed E-state index contributed by atoms with van der Waals surface area (Å²) in [5.41, 5.74) is 0. The van der Waals surface area contributed by atoms with E-state index in [1.165, 1.54) is 0 Å². The van der Waals surface area contributed by atoms with E-state index in [1.807, 2.05) is 21.1 Å². The first-order valence-electron chi connectivity index (χ1n) is 4.84. The molecule has 0 aromatic carbocycles. The van der Waals surface area contributed by atoms with E-state index in [0.29, 0.717) is 4.48 Å². The highest BCUT2D eigenvalue weighted by molar-refractivity contribution is 7.31. The molecule has 0 aromatic heterocycles. The fourth-order valence-electron chi connectivity index (χ4n) is 1.35. The van der Waals surface area contributed by atoms with Crippen LogP contribution in [0.3, 0.4) is 0 Å². The van der Waals surface area contributed by atoms with E-state index >= 15 is 0 Å². The normalized spacial score (nSPS) is 14.2. The van der Waals surface area contributed by atoms with Crippen LogP contribution in [0.2, 0.25) is 0 Å². The molecule has 3 nitrogen and oxygen atoms in total. The van der Waals surface area contributed by atoms with Crippen LogP contribution < -0.4 is 0 Å². The minimum Gasteiger partial charge on any atom is -0.317 e. The second-order valence-electron chi connectivity index (χ2n) is 4.38. The topological polar surface area (TPSA) is 34.1 Å². The molecule has 0 rings (SSSR count). The lowest BCUT2D eigenvalue weighted by atomic mass is 10.2. The van der Waals surface area contributed by atoms with E-state index < -0.39 is 7.68 Å². The first-order valence-corrected chi connectivity index (χ1v) is 6.09. The van der Waals surface area contributed by atoms with Crippen molar-refractivity contribution in [1.82, 2.24) is 0 Å². The fraction of sp³-hybridized carbons (Fsp3) is 1.00. The summed E-state index contributed by atoms with van der Waals surface area (Å²) in [4.78, 5) is 0. The van der Waals surface area contributed by atoms with E-state index in [4.69, 9.17) is 0 Å². The maximum Gasteiger partial charge on any atom is 0.375 e. The Balaban J connectivity index is 4.13. The lowest BCUT2D eigenvalue weighted by Crippen LogP contribution is -2.42. The van der Waals surface area contributed by atoms with E-state index in [1.54, 1.807) is 0 Å². The van der Waals surface area contributed by atoms with Crippen molar-refractivity contribution >= 4 is 7.68 Å². The lowest BCUT2D eigenvalue weighted by molar-refractivity contribution is -0.882. The highest BCUT2D eigenvalue weighted by Gasteiger charge is 2.28. The van der Waals surface area contributed by atoms with Crippen molar-refractivity contribution in [3.63, 3.8) is 0 Å². The molecular weight excluding hydrogens is 185 g/mol. The molecule has 0 aliphatic rings. The van der Waals surface area contributed by atoms with Crippen LogP contribution in [0, 0.1) is 0 Å². The van der Waals surface area contributed by atoms with Gasteiger partial charge in [0.1, 0.15) is 0 Å². The van der Waals surface area contributed by atoms with Crippen LogP contribution in [-0.2, 0) is 9.13 Å². The highest BCUT2D eigenvalue weighted by atomic mass is 31.1. The van der Waals surface area contributed by atoms with Crippen molar-refractivity contribution in [2.45, 2.75) is 38.4 Å². The van der Waals surface area contributed by atoms with Crippen molar-refractivity contribution in [1.29, 1.82) is 0 Å². The predicted octanol–water partition coefficient (Wildman–Crippen LogP) is 2.77.